The van der Waals surface area contributed by atoms with E-state index in [4.69, 9.17) is 32.9 Å². The molecule has 0 saturated heterocycles. The first-order valence-electron chi connectivity index (χ1n) is 11.1. The van der Waals surface area contributed by atoms with Crippen LogP contribution in [0.15, 0.2) is 41.4 Å². The SMILES string of the molecule is Cc1nc(N)c(C(=O)NC(N)=NCCCCc2ccc(OCC(O)CO)c3ccccc23)nc1Cl. The van der Waals surface area contributed by atoms with Crippen molar-refractivity contribution in [2.45, 2.75) is 32.3 Å². The number of carbonyl (C=O) groups is 1. The Labute approximate surface area is 208 Å². The van der Waals surface area contributed by atoms with Crippen molar-refractivity contribution in [2.24, 2.45) is 10.7 Å². The number of nitrogens with one attached hydrogen (secondary N) is 1. The van der Waals surface area contributed by atoms with Gasteiger partial charge in [0.15, 0.2) is 22.6 Å². The third kappa shape index (κ3) is 7.01. The fraction of sp³-hybridized carbons (Fsp3) is 0.333. The maximum absolute atomic E-state index is 12.3. The predicted molar refractivity (Wildman–Crippen MR) is 136 cm³/mol. The fourth-order valence-corrected chi connectivity index (χ4v) is 3.57. The molecule has 0 aliphatic rings. The Morgan fingerprint density at radius 2 is 1.94 bits per heavy atom. The topological polar surface area (TPSA) is 169 Å². The zero-order chi connectivity index (χ0) is 25.4. The molecule has 1 amide bonds. The number of aliphatic hydroxyl groups excluding tert-OH is 2. The molecule has 0 aliphatic heterocycles. The van der Waals surface area contributed by atoms with Crippen molar-refractivity contribution in [3.63, 3.8) is 0 Å². The lowest BCUT2D eigenvalue weighted by Crippen LogP contribution is -2.38. The number of aryl methyl sites for hydroxylation is 2. The van der Waals surface area contributed by atoms with Crippen molar-refractivity contribution in [3.05, 3.63) is 58.5 Å². The summed E-state index contributed by atoms with van der Waals surface area (Å²) in [6.45, 7) is 1.74. The van der Waals surface area contributed by atoms with Crippen molar-refractivity contribution < 1.29 is 19.7 Å². The summed E-state index contributed by atoms with van der Waals surface area (Å²) in [5, 5.41) is 23.1. The second-order valence-electron chi connectivity index (χ2n) is 7.93. The van der Waals surface area contributed by atoms with Crippen molar-refractivity contribution in [3.8, 4) is 5.75 Å². The monoisotopic (exact) mass is 500 g/mol. The van der Waals surface area contributed by atoms with Crippen LogP contribution in [0.1, 0.15) is 34.6 Å². The van der Waals surface area contributed by atoms with Gasteiger partial charge in [0.1, 0.15) is 18.5 Å². The number of carbonyl (C=O) groups excluding carboxylic acids is 1. The number of anilines is 1. The largest absolute Gasteiger partial charge is 0.490 e. The van der Waals surface area contributed by atoms with Gasteiger partial charge in [-0.05, 0) is 43.2 Å². The zero-order valence-corrected chi connectivity index (χ0v) is 20.1. The first kappa shape index (κ1) is 26.1. The number of amides is 1. The number of fused-ring (bicyclic) bond motifs is 1. The van der Waals surface area contributed by atoms with Gasteiger partial charge in [-0.1, -0.05) is 41.9 Å². The molecular weight excluding hydrogens is 472 g/mol. The minimum atomic E-state index is -0.925. The third-order valence-corrected chi connectivity index (χ3v) is 5.61. The first-order chi connectivity index (χ1) is 16.8. The van der Waals surface area contributed by atoms with Gasteiger partial charge in [-0.15, -0.1) is 0 Å². The number of aliphatic hydroxyl groups is 2. The lowest BCUT2D eigenvalue weighted by molar-refractivity contribution is 0.0541. The van der Waals surface area contributed by atoms with Crippen LogP contribution in [0.4, 0.5) is 5.82 Å². The molecule has 0 aliphatic carbocycles. The molecule has 1 atom stereocenters. The minimum Gasteiger partial charge on any atom is -0.490 e. The maximum Gasteiger partial charge on any atom is 0.280 e. The molecule has 0 fully saturated rings. The smallest absolute Gasteiger partial charge is 0.280 e. The molecule has 186 valence electrons. The first-order valence-corrected chi connectivity index (χ1v) is 11.5. The number of hydrogen-bond acceptors (Lipinski definition) is 8. The highest BCUT2D eigenvalue weighted by Gasteiger charge is 2.16. The van der Waals surface area contributed by atoms with Crippen molar-refractivity contribution in [1.82, 2.24) is 15.3 Å². The van der Waals surface area contributed by atoms with E-state index >= 15 is 0 Å². The number of halogens is 1. The Hall–Kier alpha value is -3.47. The number of aliphatic imine (C=N–C) groups is 1. The standard InChI is InChI=1S/C24H29ClN6O4/c1-14-21(25)30-20(22(26)29-14)23(34)31-24(27)28-11-5-4-6-15-9-10-19(35-13-16(33)12-32)18-8-3-2-7-17(15)18/h2-3,7-10,16,32-33H,4-6,11-13H2,1H3,(H2,26,29)(H3,27,28,31,34). The van der Waals surface area contributed by atoms with Crippen LogP contribution < -0.4 is 21.5 Å². The van der Waals surface area contributed by atoms with Crippen LogP contribution in [0.2, 0.25) is 5.15 Å². The zero-order valence-electron chi connectivity index (χ0n) is 19.4. The highest BCUT2D eigenvalue weighted by atomic mass is 35.5. The van der Waals surface area contributed by atoms with E-state index in [0.717, 1.165) is 35.6 Å². The van der Waals surface area contributed by atoms with Crippen LogP contribution in [-0.2, 0) is 6.42 Å². The lowest BCUT2D eigenvalue weighted by Gasteiger charge is -2.14. The van der Waals surface area contributed by atoms with E-state index in [9.17, 15) is 9.90 Å². The molecule has 11 heteroatoms. The summed E-state index contributed by atoms with van der Waals surface area (Å²) < 4.78 is 5.68. The normalized spacial score (nSPS) is 12.5. The number of hydrogen-bond donors (Lipinski definition) is 5. The fourth-order valence-electron chi connectivity index (χ4n) is 3.44. The Balaban J connectivity index is 1.54. The van der Waals surface area contributed by atoms with E-state index in [1.807, 2.05) is 36.4 Å². The van der Waals surface area contributed by atoms with Crippen LogP contribution in [0.5, 0.6) is 5.75 Å². The summed E-state index contributed by atoms with van der Waals surface area (Å²) >= 11 is 5.92. The van der Waals surface area contributed by atoms with E-state index < -0.39 is 12.0 Å². The van der Waals surface area contributed by atoms with Gasteiger partial charge in [0.25, 0.3) is 5.91 Å². The number of aromatic nitrogens is 2. The Morgan fingerprint density at radius 3 is 2.69 bits per heavy atom. The summed E-state index contributed by atoms with van der Waals surface area (Å²) in [5.41, 5.74) is 13.0. The van der Waals surface area contributed by atoms with Crippen LogP contribution in [-0.4, -0.2) is 57.9 Å². The maximum atomic E-state index is 12.3. The number of rotatable bonds is 10. The van der Waals surface area contributed by atoms with Crippen LogP contribution in [0.3, 0.4) is 0 Å². The Morgan fingerprint density at radius 1 is 1.20 bits per heavy atom. The quantitative estimate of drug-likeness (QED) is 0.160. The number of nitrogen functional groups attached to an aromatic ring is 1. The molecule has 1 heterocycles. The summed E-state index contributed by atoms with van der Waals surface area (Å²) in [6, 6.07) is 11.8. The van der Waals surface area contributed by atoms with Gasteiger partial charge >= 0.3 is 0 Å². The van der Waals surface area contributed by atoms with Crippen molar-refractivity contribution in [1.29, 1.82) is 0 Å². The Kier molecular flexibility index (Phi) is 9.18. The summed E-state index contributed by atoms with van der Waals surface area (Å²) in [4.78, 5) is 24.4. The number of ether oxygens (including phenoxy) is 1. The van der Waals surface area contributed by atoms with Crippen LogP contribution >= 0.6 is 11.6 Å². The highest BCUT2D eigenvalue weighted by Crippen LogP contribution is 2.29. The number of nitrogens with two attached hydrogens (primary N) is 2. The lowest BCUT2D eigenvalue weighted by atomic mass is 9.99. The van der Waals surface area contributed by atoms with Gasteiger partial charge in [-0.2, -0.15) is 0 Å². The second kappa shape index (κ2) is 12.3. The molecule has 1 aromatic heterocycles. The number of benzene rings is 2. The molecule has 1 unspecified atom stereocenters. The molecular formula is C24H29ClN6O4. The van der Waals surface area contributed by atoms with Gasteiger partial charge in [-0.3, -0.25) is 15.1 Å². The molecule has 10 nitrogen and oxygen atoms in total. The number of guanidine groups is 1. The molecule has 0 saturated carbocycles. The molecule has 7 N–H and O–H groups in total. The van der Waals surface area contributed by atoms with E-state index in [-0.39, 0.29) is 35.8 Å². The second-order valence-corrected chi connectivity index (χ2v) is 8.29. The third-order valence-electron chi connectivity index (χ3n) is 5.25. The minimum absolute atomic E-state index is 0.0198. The average Bonchev–Trinajstić information content (AvgIpc) is 2.84. The van der Waals surface area contributed by atoms with E-state index in [2.05, 4.69) is 20.3 Å². The van der Waals surface area contributed by atoms with Gasteiger partial charge in [0.05, 0.1) is 12.3 Å². The molecule has 0 spiro atoms. The molecule has 0 bridgehead atoms. The molecule has 2 aromatic carbocycles. The molecule has 3 aromatic rings. The van der Waals surface area contributed by atoms with Crippen LogP contribution in [0, 0.1) is 6.92 Å². The number of nitrogens with zero attached hydrogens (tertiary/aromatic N) is 3. The van der Waals surface area contributed by atoms with Gasteiger partial charge in [0, 0.05) is 11.9 Å². The molecule has 35 heavy (non-hydrogen) atoms. The van der Waals surface area contributed by atoms with E-state index in [0.29, 0.717) is 18.0 Å². The van der Waals surface area contributed by atoms with Crippen molar-refractivity contribution in [2.75, 3.05) is 25.5 Å². The molecule has 0 radical (unpaired) electrons. The number of unbranched alkanes of at least 4 members (excludes halogenated alkanes) is 1. The van der Waals surface area contributed by atoms with Gasteiger partial charge in [0.2, 0.25) is 0 Å². The predicted octanol–water partition coefficient (Wildman–Crippen LogP) is 1.97. The van der Waals surface area contributed by atoms with Gasteiger partial charge in [-0.25, -0.2) is 9.97 Å². The summed E-state index contributed by atoms with van der Waals surface area (Å²) in [5.74, 6) is -0.0427. The highest BCUT2D eigenvalue weighted by molar-refractivity contribution is 6.30. The molecule has 3 rings (SSSR count). The van der Waals surface area contributed by atoms with Crippen molar-refractivity contribution >= 4 is 40.1 Å². The van der Waals surface area contributed by atoms with E-state index in [1.54, 1.807) is 6.92 Å². The summed E-state index contributed by atoms with van der Waals surface area (Å²) in [7, 11) is 0. The van der Waals surface area contributed by atoms with E-state index in [1.165, 1.54) is 0 Å². The van der Waals surface area contributed by atoms with Crippen LogP contribution in [0.25, 0.3) is 10.8 Å². The summed E-state index contributed by atoms with van der Waals surface area (Å²) in [6.07, 6.45) is 1.50. The Bertz CT molecular complexity index is 1220. The van der Waals surface area contributed by atoms with Gasteiger partial charge < -0.3 is 26.4 Å². The average molecular weight is 501 g/mol.